The van der Waals surface area contributed by atoms with Crippen molar-refractivity contribution in [2.45, 2.75) is 46.1 Å². The maximum absolute atomic E-state index is 14.5. The standard InChI is InChI=1S/C27H29FO4/c1-3-4-14-31-26-17-21(9-11-23(26)24-15-19(2)8-12-25(24)28)18-32-22-7-5-6-20(16-22)10-13-27(29)30/h5-9,11-12,15-17H,3-4,10,13-14,18H2,1-2H3,(H,29,30). The number of benzene rings is 3. The fourth-order valence-electron chi connectivity index (χ4n) is 3.38. The lowest BCUT2D eigenvalue weighted by Gasteiger charge is -2.15. The van der Waals surface area contributed by atoms with E-state index in [0.29, 0.717) is 36.7 Å². The quantitative estimate of drug-likeness (QED) is 0.345. The molecule has 0 aliphatic carbocycles. The molecule has 0 unspecified atom stereocenters. The second-order valence-corrected chi connectivity index (χ2v) is 7.85. The summed E-state index contributed by atoms with van der Waals surface area (Å²) in [5.41, 5.74) is 4.05. The monoisotopic (exact) mass is 436 g/mol. The molecule has 0 heterocycles. The van der Waals surface area contributed by atoms with E-state index in [2.05, 4.69) is 6.92 Å². The van der Waals surface area contributed by atoms with Crippen molar-refractivity contribution in [1.82, 2.24) is 0 Å². The van der Waals surface area contributed by atoms with Crippen molar-refractivity contribution in [2.75, 3.05) is 6.61 Å². The molecular formula is C27H29FO4. The minimum absolute atomic E-state index is 0.0822. The molecule has 0 atom stereocenters. The molecule has 0 fully saturated rings. The van der Waals surface area contributed by atoms with Gasteiger partial charge >= 0.3 is 5.97 Å². The summed E-state index contributed by atoms with van der Waals surface area (Å²) in [7, 11) is 0. The van der Waals surface area contributed by atoms with Gasteiger partial charge in [-0.05, 0) is 61.2 Å². The number of hydrogen-bond donors (Lipinski definition) is 1. The van der Waals surface area contributed by atoms with E-state index in [4.69, 9.17) is 14.6 Å². The molecule has 5 heteroatoms. The first kappa shape index (κ1) is 23.3. The first-order valence-electron chi connectivity index (χ1n) is 10.9. The van der Waals surface area contributed by atoms with Gasteiger partial charge in [0.25, 0.3) is 0 Å². The van der Waals surface area contributed by atoms with E-state index in [1.165, 1.54) is 6.07 Å². The Morgan fingerprint density at radius 1 is 0.969 bits per heavy atom. The van der Waals surface area contributed by atoms with Crippen LogP contribution in [0, 0.1) is 12.7 Å². The third-order valence-electron chi connectivity index (χ3n) is 5.15. The van der Waals surface area contributed by atoms with Crippen LogP contribution in [0.4, 0.5) is 4.39 Å². The van der Waals surface area contributed by atoms with Gasteiger partial charge in [-0.3, -0.25) is 4.79 Å². The number of carbonyl (C=O) groups is 1. The molecule has 0 radical (unpaired) electrons. The van der Waals surface area contributed by atoms with Crippen molar-refractivity contribution in [2.24, 2.45) is 0 Å². The van der Waals surface area contributed by atoms with Crippen molar-refractivity contribution in [1.29, 1.82) is 0 Å². The average molecular weight is 437 g/mol. The Hall–Kier alpha value is -3.34. The largest absolute Gasteiger partial charge is 0.493 e. The van der Waals surface area contributed by atoms with Gasteiger partial charge in [0.1, 0.15) is 23.9 Å². The van der Waals surface area contributed by atoms with Crippen LogP contribution >= 0.6 is 0 Å². The topological polar surface area (TPSA) is 55.8 Å². The molecule has 4 nitrogen and oxygen atoms in total. The van der Waals surface area contributed by atoms with E-state index in [-0.39, 0.29) is 12.2 Å². The van der Waals surface area contributed by atoms with Crippen molar-refractivity contribution in [3.05, 3.63) is 83.2 Å². The lowest BCUT2D eigenvalue weighted by Crippen LogP contribution is -2.02. The predicted molar refractivity (Wildman–Crippen MR) is 124 cm³/mol. The maximum Gasteiger partial charge on any atom is 0.303 e. The Balaban J connectivity index is 1.79. The van der Waals surface area contributed by atoms with Crippen LogP contribution in [0.25, 0.3) is 11.1 Å². The van der Waals surface area contributed by atoms with E-state index in [9.17, 15) is 9.18 Å². The van der Waals surface area contributed by atoms with Crippen LogP contribution < -0.4 is 9.47 Å². The number of unbranched alkanes of at least 4 members (excludes halogenated alkanes) is 1. The first-order chi connectivity index (χ1) is 15.5. The molecular weight excluding hydrogens is 407 g/mol. The summed E-state index contributed by atoms with van der Waals surface area (Å²) in [5.74, 6) is 0.213. The first-order valence-corrected chi connectivity index (χ1v) is 10.9. The van der Waals surface area contributed by atoms with Gasteiger partial charge in [-0.15, -0.1) is 0 Å². The molecule has 3 aromatic carbocycles. The molecule has 0 amide bonds. The average Bonchev–Trinajstić information content (AvgIpc) is 2.79. The summed E-state index contributed by atoms with van der Waals surface area (Å²) in [6.45, 7) is 4.92. The van der Waals surface area contributed by atoms with Crippen molar-refractivity contribution >= 4 is 5.97 Å². The molecule has 0 saturated carbocycles. The zero-order chi connectivity index (χ0) is 22.9. The summed E-state index contributed by atoms with van der Waals surface area (Å²) < 4.78 is 26.5. The number of ether oxygens (including phenoxy) is 2. The summed E-state index contributed by atoms with van der Waals surface area (Å²) >= 11 is 0. The van der Waals surface area contributed by atoms with E-state index in [0.717, 1.165) is 35.1 Å². The highest BCUT2D eigenvalue weighted by Crippen LogP contribution is 2.34. The Kier molecular flexibility index (Phi) is 8.26. The molecule has 0 aliphatic heterocycles. The normalized spacial score (nSPS) is 10.7. The Bertz CT molecular complexity index is 1060. The van der Waals surface area contributed by atoms with Crippen LogP contribution in [0.2, 0.25) is 0 Å². The summed E-state index contributed by atoms with van der Waals surface area (Å²) in [6.07, 6.45) is 2.46. The second kappa shape index (κ2) is 11.3. The van der Waals surface area contributed by atoms with Crippen LogP contribution in [-0.2, 0) is 17.8 Å². The zero-order valence-electron chi connectivity index (χ0n) is 18.6. The number of aryl methyl sites for hydroxylation is 2. The van der Waals surface area contributed by atoms with Crippen LogP contribution in [0.15, 0.2) is 60.7 Å². The lowest BCUT2D eigenvalue weighted by molar-refractivity contribution is -0.136. The Labute approximate surface area is 188 Å². The number of carboxylic acids is 1. The molecule has 0 saturated heterocycles. The molecule has 0 spiro atoms. The van der Waals surface area contributed by atoms with Gasteiger partial charge < -0.3 is 14.6 Å². The Morgan fingerprint density at radius 3 is 2.59 bits per heavy atom. The van der Waals surface area contributed by atoms with E-state index >= 15 is 0 Å². The summed E-state index contributed by atoms with van der Waals surface area (Å²) in [5, 5.41) is 8.87. The van der Waals surface area contributed by atoms with Crippen LogP contribution in [-0.4, -0.2) is 17.7 Å². The Morgan fingerprint density at radius 2 is 1.81 bits per heavy atom. The third kappa shape index (κ3) is 6.58. The summed E-state index contributed by atoms with van der Waals surface area (Å²) in [4.78, 5) is 10.8. The number of aliphatic carboxylic acids is 1. The zero-order valence-corrected chi connectivity index (χ0v) is 18.6. The van der Waals surface area contributed by atoms with Gasteiger partial charge in [-0.25, -0.2) is 4.39 Å². The molecule has 3 rings (SSSR count). The van der Waals surface area contributed by atoms with Crippen molar-refractivity contribution in [3.8, 4) is 22.6 Å². The smallest absolute Gasteiger partial charge is 0.303 e. The SMILES string of the molecule is CCCCOc1cc(COc2cccc(CCC(=O)O)c2)ccc1-c1cc(C)ccc1F. The van der Waals surface area contributed by atoms with E-state index in [1.54, 1.807) is 6.07 Å². The lowest BCUT2D eigenvalue weighted by atomic mass is 10.0. The van der Waals surface area contributed by atoms with Crippen molar-refractivity contribution in [3.63, 3.8) is 0 Å². The van der Waals surface area contributed by atoms with Crippen LogP contribution in [0.3, 0.4) is 0 Å². The molecule has 3 aromatic rings. The molecule has 0 bridgehead atoms. The third-order valence-corrected chi connectivity index (χ3v) is 5.15. The van der Waals surface area contributed by atoms with Gasteiger partial charge in [-0.1, -0.05) is 49.2 Å². The minimum Gasteiger partial charge on any atom is -0.493 e. The van der Waals surface area contributed by atoms with Crippen molar-refractivity contribution < 1.29 is 23.8 Å². The molecule has 1 N–H and O–H groups in total. The maximum atomic E-state index is 14.5. The van der Waals surface area contributed by atoms with Gasteiger partial charge in [-0.2, -0.15) is 0 Å². The van der Waals surface area contributed by atoms with Crippen LogP contribution in [0.5, 0.6) is 11.5 Å². The molecule has 0 aliphatic rings. The van der Waals surface area contributed by atoms with E-state index < -0.39 is 5.97 Å². The second-order valence-electron chi connectivity index (χ2n) is 7.85. The van der Waals surface area contributed by atoms with Gasteiger partial charge in [0.05, 0.1) is 6.61 Å². The van der Waals surface area contributed by atoms with E-state index in [1.807, 2.05) is 55.5 Å². The minimum atomic E-state index is -0.822. The van der Waals surface area contributed by atoms with Gasteiger partial charge in [0.15, 0.2) is 0 Å². The fraction of sp³-hybridized carbons (Fsp3) is 0.296. The highest BCUT2D eigenvalue weighted by molar-refractivity contribution is 5.72. The van der Waals surface area contributed by atoms with Crippen LogP contribution in [0.1, 0.15) is 42.9 Å². The van der Waals surface area contributed by atoms with Gasteiger partial charge in [0.2, 0.25) is 0 Å². The number of hydrogen-bond acceptors (Lipinski definition) is 3. The molecule has 168 valence electrons. The van der Waals surface area contributed by atoms with Gasteiger partial charge in [0, 0.05) is 17.5 Å². The number of rotatable bonds is 11. The number of halogens is 1. The predicted octanol–water partition coefficient (Wildman–Crippen LogP) is 6.58. The highest BCUT2D eigenvalue weighted by Gasteiger charge is 2.13. The highest BCUT2D eigenvalue weighted by atomic mass is 19.1. The molecule has 32 heavy (non-hydrogen) atoms. The summed E-state index contributed by atoms with van der Waals surface area (Å²) in [6, 6.07) is 18.2. The fourth-order valence-corrected chi connectivity index (χ4v) is 3.38. The molecule has 0 aromatic heterocycles. The number of carboxylic acid groups (broad SMARTS) is 1.